The Morgan fingerprint density at radius 3 is 2.87 bits per heavy atom. The van der Waals surface area contributed by atoms with E-state index >= 15 is 0 Å². The van der Waals surface area contributed by atoms with Crippen LogP contribution >= 0.6 is 11.3 Å². The van der Waals surface area contributed by atoms with Crippen LogP contribution in [0.1, 0.15) is 18.6 Å². The van der Waals surface area contributed by atoms with Crippen molar-refractivity contribution in [3.05, 3.63) is 53.7 Å². The van der Waals surface area contributed by atoms with Gasteiger partial charge in [-0.3, -0.25) is 0 Å². The fourth-order valence-electron chi connectivity index (χ4n) is 2.28. The molecule has 0 aliphatic rings. The normalized spacial score (nSPS) is 13.8. The number of aromatic nitrogens is 2. The fraction of sp³-hybridized carbons (Fsp3) is 0.294. The Bertz CT molecular complexity index is 748. The van der Waals surface area contributed by atoms with Crippen LogP contribution in [-0.4, -0.2) is 34.3 Å². The number of aliphatic hydroxyl groups is 1. The lowest BCUT2D eigenvalue weighted by Crippen LogP contribution is -2.25. The zero-order valence-electron chi connectivity index (χ0n) is 12.8. The van der Waals surface area contributed by atoms with Gasteiger partial charge in [-0.1, -0.05) is 30.3 Å². The lowest BCUT2D eigenvalue weighted by atomic mass is 10.1. The second-order valence-electron chi connectivity index (χ2n) is 5.28. The summed E-state index contributed by atoms with van der Waals surface area (Å²) in [4.78, 5) is 9.36. The molecule has 6 heteroatoms. The number of rotatable bonds is 7. The van der Waals surface area contributed by atoms with Crippen LogP contribution in [0, 0.1) is 0 Å². The van der Waals surface area contributed by atoms with Gasteiger partial charge in [0.2, 0.25) is 0 Å². The van der Waals surface area contributed by atoms with Crippen molar-refractivity contribution in [1.29, 1.82) is 0 Å². The summed E-state index contributed by atoms with van der Waals surface area (Å²) in [6.45, 7) is 2.62. The molecule has 3 rings (SSSR count). The molecule has 1 aromatic carbocycles. The number of thiophene rings is 1. The average molecular weight is 329 g/mol. The van der Waals surface area contributed by atoms with Crippen LogP contribution < -0.4 is 5.32 Å². The number of benzene rings is 1. The molecule has 0 unspecified atom stereocenters. The molecular weight excluding hydrogens is 310 g/mol. The molecule has 0 aliphatic carbocycles. The quantitative estimate of drug-likeness (QED) is 0.696. The van der Waals surface area contributed by atoms with E-state index in [1.54, 1.807) is 11.3 Å². The van der Waals surface area contributed by atoms with Gasteiger partial charge in [0, 0.05) is 6.54 Å². The lowest BCUT2D eigenvalue weighted by Gasteiger charge is -2.17. The molecule has 0 saturated carbocycles. The molecule has 120 valence electrons. The standard InChI is InChI=1S/C17H19N3O2S/c1-12(13-5-3-2-4-6-13)22-10-14(21)9-18-16-15-7-8-23-17(15)20-11-19-16/h2-8,11-12,14,21H,9-10H2,1H3,(H,18,19,20)/t12-,14+/m1/s1. The van der Waals surface area contributed by atoms with Crippen LogP contribution in [0.5, 0.6) is 0 Å². The number of hydrogen-bond donors (Lipinski definition) is 2. The first-order chi connectivity index (χ1) is 11.2. The summed E-state index contributed by atoms with van der Waals surface area (Å²) in [7, 11) is 0. The Labute approximate surface area is 139 Å². The molecule has 2 atom stereocenters. The van der Waals surface area contributed by atoms with Crippen molar-refractivity contribution in [3.63, 3.8) is 0 Å². The maximum atomic E-state index is 10.1. The van der Waals surface area contributed by atoms with Crippen molar-refractivity contribution >= 4 is 27.4 Å². The van der Waals surface area contributed by atoms with Crippen LogP contribution in [0.4, 0.5) is 5.82 Å². The van der Waals surface area contributed by atoms with Crippen LogP contribution in [0.15, 0.2) is 48.1 Å². The van der Waals surface area contributed by atoms with Crippen molar-refractivity contribution in [3.8, 4) is 0 Å². The van der Waals surface area contributed by atoms with E-state index in [0.717, 1.165) is 21.6 Å². The second-order valence-corrected chi connectivity index (χ2v) is 6.18. The highest BCUT2D eigenvalue weighted by Gasteiger charge is 2.11. The van der Waals surface area contributed by atoms with Gasteiger partial charge >= 0.3 is 0 Å². The van der Waals surface area contributed by atoms with E-state index in [-0.39, 0.29) is 12.7 Å². The highest BCUT2D eigenvalue weighted by molar-refractivity contribution is 7.16. The van der Waals surface area contributed by atoms with Crippen molar-refractivity contribution in [2.45, 2.75) is 19.1 Å². The molecule has 0 aliphatic heterocycles. The number of aliphatic hydroxyl groups excluding tert-OH is 1. The topological polar surface area (TPSA) is 67.3 Å². The van der Waals surface area contributed by atoms with Crippen LogP contribution in [0.3, 0.4) is 0 Å². The molecule has 2 heterocycles. The molecule has 5 nitrogen and oxygen atoms in total. The van der Waals surface area contributed by atoms with Gasteiger partial charge in [-0.05, 0) is 23.9 Å². The number of nitrogens with one attached hydrogen (secondary N) is 1. The highest BCUT2D eigenvalue weighted by Crippen LogP contribution is 2.23. The highest BCUT2D eigenvalue weighted by atomic mass is 32.1. The van der Waals surface area contributed by atoms with Crippen LogP contribution in [-0.2, 0) is 4.74 Å². The van der Waals surface area contributed by atoms with Gasteiger partial charge < -0.3 is 15.2 Å². The molecular formula is C17H19N3O2S. The molecule has 3 aromatic rings. The number of anilines is 1. The van der Waals surface area contributed by atoms with Gasteiger partial charge in [-0.25, -0.2) is 9.97 Å². The van der Waals surface area contributed by atoms with Gasteiger partial charge in [-0.2, -0.15) is 0 Å². The summed E-state index contributed by atoms with van der Waals surface area (Å²) in [5.41, 5.74) is 1.10. The summed E-state index contributed by atoms with van der Waals surface area (Å²) >= 11 is 1.57. The third-order valence-electron chi connectivity index (χ3n) is 3.57. The Balaban J connectivity index is 1.50. The number of fused-ring (bicyclic) bond motifs is 1. The van der Waals surface area contributed by atoms with E-state index in [2.05, 4.69) is 15.3 Å². The minimum absolute atomic E-state index is 0.0477. The summed E-state index contributed by atoms with van der Waals surface area (Å²) in [6.07, 6.45) is 0.875. The Hall–Kier alpha value is -2.02. The summed E-state index contributed by atoms with van der Waals surface area (Å²) in [6, 6.07) is 11.9. The predicted molar refractivity (Wildman–Crippen MR) is 92.7 cm³/mol. The third kappa shape index (κ3) is 4.04. The molecule has 23 heavy (non-hydrogen) atoms. The number of nitrogens with zero attached hydrogens (tertiary/aromatic N) is 2. The van der Waals surface area contributed by atoms with Crippen molar-refractivity contribution in [2.75, 3.05) is 18.5 Å². The number of ether oxygens (including phenoxy) is 1. The Morgan fingerprint density at radius 2 is 2.04 bits per heavy atom. The smallest absolute Gasteiger partial charge is 0.138 e. The maximum Gasteiger partial charge on any atom is 0.138 e. The Kier molecular flexibility index (Phi) is 5.17. The first-order valence-electron chi connectivity index (χ1n) is 7.50. The minimum Gasteiger partial charge on any atom is -0.389 e. The molecule has 2 N–H and O–H groups in total. The largest absolute Gasteiger partial charge is 0.389 e. The van der Waals surface area contributed by atoms with E-state index in [1.165, 1.54) is 6.33 Å². The second kappa shape index (κ2) is 7.50. The van der Waals surface area contributed by atoms with Crippen LogP contribution in [0.25, 0.3) is 10.2 Å². The molecule has 0 radical (unpaired) electrons. The number of hydrogen-bond acceptors (Lipinski definition) is 6. The molecule has 0 spiro atoms. The summed E-state index contributed by atoms with van der Waals surface area (Å²) in [5.74, 6) is 0.742. The van der Waals surface area contributed by atoms with Gasteiger partial charge in [0.1, 0.15) is 17.0 Å². The van der Waals surface area contributed by atoms with Crippen molar-refractivity contribution < 1.29 is 9.84 Å². The van der Waals surface area contributed by atoms with Crippen LogP contribution in [0.2, 0.25) is 0 Å². The molecule has 0 bridgehead atoms. The molecule has 2 aromatic heterocycles. The monoisotopic (exact) mass is 329 g/mol. The van der Waals surface area contributed by atoms with E-state index < -0.39 is 6.10 Å². The van der Waals surface area contributed by atoms with E-state index in [1.807, 2.05) is 48.7 Å². The van der Waals surface area contributed by atoms with Gasteiger partial charge in [0.25, 0.3) is 0 Å². The first kappa shape index (κ1) is 15.9. The zero-order chi connectivity index (χ0) is 16.1. The maximum absolute atomic E-state index is 10.1. The molecule has 0 fully saturated rings. The minimum atomic E-state index is -0.607. The van der Waals surface area contributed by atoms with Crippen molar-refractivity contribution in [2.24, 2.45) is 0 Å². The van der Waals surface area contributed by atoms with Gasteiger partial charge in [-0.15, -0.1) is 11.3 Å². The van der Waals surface area contributed by atoms with E-state index in [4.69, 9.17) is 4.74 Å². The van der Waals surface area contributed by atoms with Gasteiger partial charge in [0.05, 0.1) is 24.2 Å². The van der Waals surface area contributed by atoms with Crippen molar-refractivity contribution in [1.82, 2.24) is 9.97 Å². The fourth-order valence-corrected chi connectivity index (χ4v) is 3.01. The first-order valence-corrected chi connectivity index (χ1v) is 8.38. The molecule has 0 amide bonds. The summed E-state index contributed by atoms with van der Waals surface area (Å²) in [5, 5.41) is 16.2. The van der Waals surface area contributed by atoms with E-state index in [9.17, 15) is 5.11 Å². The predicted octanol–water partition coefficient (Wildman–Crippen LogP) is 3.24. The van der Waals surface area contributed by atoms with Gasteiger partial charge in [0.15, 0.2) is 0 Å². The lowest BCUT2D eigenvalue weighted by molar-refractivity contribution is 0.00242. The van der Waals surface area contributed by atoms with E-state index in [0.29, 0.717) is 6.54 Å². The molecule has 0 saturated heterocycles. The summed E-state index contributed by atoms with van der Waals surface area (Å²) < 4.78 is 5.73. The Morgan fingerprint density at radius 1 is 1.22 bits per heavy atom. The third-order valence-corrected chi connectivity index (χ3v) is 4.40. The zero-order valence-corrected chi connectivity index (χ0v) is 13.7. The average Bonchev–Trinajstić information content (AvgIpc) is 3.07. The SMILES string of the molecule is C[C@@H](OC[C@@H](O)CNc1ncnc2sccc12)c1ccccc1.